The summed E-state index contributed by atoms with van der Waals surface area (Å²) in [7, 11) is 0. The van der Waals surface area contributed by atoms with E-state index in [-0.39, 0.29) is 0 Å². The smallest absolute Gasteiger partial charge is 0.0575 e. The molecule has 3 rings (SSSR count). The summed E-state index contributed by atoms with van der Waals surface area (Å²) in [5.41, 5.74) is 0. The quantitative estimate of drug-likeness (QED) is 0.339. The number of rotatable bonds is 10. The van der Waals surface area contributed by atoms with Crippen molar-refractivity contribution in [2.45, 2.75) is 136 Å². The Hall–Kier alpha value is -0.0400. The van der Waals surface area contributed by atoms with E-state index in [2.05, 4.69) is 13.8 Å². The van der Waals surface area contributed by atoms with E-state index in [4.69, 9.17) is 4.74 Å². The van der Waals surface area contributed by atoms with Crippen LogP contribution in [0, 0.1) is 29.6 Å². The number of hydrogen-bond donors (Lipinski definition) is 0. The maximum Gasteiger partial charge on any atom is 0.0575 e. The van der Waals surface area contributed by atoms with Crippen molar-refractivity contribution < 1.29 is 4.74 Å². The molecule has 1 heteroatoms. The molecular weight excluding hydrogens is 340 g/mol. The van der Waals surface area contributed by atoms with E-state index in [1.54, 1.807) is 12.8 Å². The van der Waals surface area contributed by atoms with Gasteiger partial charge in [-0.2, -0.15) is 0 Å². The van der Waals surface area contributed by atoms with Crippen LogP contribution in [-0.4, -0.2) is 12.7 Å². The van der Waals surface area contributed by atoms with Crippen LogP contribution in [0.4, 0.5) is 0 Å². The lowest BCUT2D eigenvalue weighted by atomic mass is 9.69. The van der Waals surface area contributed by atoms with E-state index in [1.165, 1.54) is 103 Å². The van der Waals surface area contributed by atoms with E-state index in [1.807, 2.05) is 0 Å². The average molecular weight is 391 g/mol. The number of hydrogen-bond acceptors (Lipinski definition) is 1. The van der Waals surface area contributed by atoms with Crippen molar-refractivity contribution in [3.8, 4) is 0 Å². The SMILES string of the molecule is CCCCCC1CCC(C2CCC(COC3CCC(CCC)CC3)CC2)CC1. The van der Waals surface area contributed by atoms with Crippen molar-refractivity contribution >= 4 is 0 Å². The van der Waals surface area contributed by atoms with Crippen LogP contribution in [0.25, 0.3) is 0 Å². The van der Waals surface area contributed by atoms with Crippen molar-refractivity contribution in [3.05, 3.63) is 0 Å². The molecule has 0 spiro atoms. The number of unbranched alkanes of at least 4 members (excludes halogenated alkanes) is 2. The minimum atomic E-state index is 0.591. The van der Waals surface area contributed by atoms with Gasteiger partial charge in [-0.3, -0.25) is 0 Å². The topological polar surface area (TPSA) is 9.23 Å². The van der Waals surface area contributed by atoms with Gasteiger partial charge in [-0.05, 0) is 93.8 Å². The van der Waals surface area contributed by atoms with Crippen LogP contribution in [0.1, 0.15) is 129 Å². The molecule has 3 fully saturated rings. The second kappa shape index (κ2) is 12.6. The van der Waals surface area contributed by atoms with E-state index in [0.717, 1.165) is 36.2 Å². The normalized spacial score (nSPS) is 37.1. The van der Waals surface area contributed by atoms with Crippen molar-refractivity contribution in [2.75, 3.05) is 6.61 Å². The van der Waals surface area contributed by atoms with Gasteiger partial charge in [0.2, 0.25) is 0 Å². The van der Waals surface area contributed by atoms with Gasteiger partial charge >= 0.3 is 0 Å². The van der Waals surface area contributed by atoms with Crippen LogP contribution in [0.2, 0.25) is 0 Å². The fraction of sp³-hybridized carbons (Fsp3) is 1.00. The first-order chi connectivity index (χ1) is 13.8. The van der Waals surface area contributed by atoms with Gasteiger partial charge in [0.1, 0.15) is 0 Å². The van der Waals surface area contributed by atoms with Crippen LogP contribution < -0.4 is 0 Å². The summed E-state index contributed by atoms with van der Waals surface area (Å²) in [4.78, 5) is 0. The third-order valence-electron chi connectivity index (χ3n) is 8.72. The summed E-state index contributed by atoms with van der Waals surface area (Å²) in [6.07, 6.45) is 26.8. The highest BCUT2D eigenvalue weighted by molar-refractivity contribution is 4.82. The van der Waals surface area contributed by atoms with Crippen LogP contribution in [0.5, 0.6) is 0 Å². The lowest BCUT2D eigenvalue weighted by molar-refractivity contribution is -0.0129. The fourth-order valence-corrected chi connectivity index (χ4v) is 6.73. The van der Waals surface area contributed by atoms with Crippen molar-refractivity contribution in [1.82, 2.24) is 0 Å². The first-order valence-electron chi connectivity index (χ1n) is 13.4. The Labute approximate surface area is 176 Å². The predicted molar refractivity (Wildman–Crippen MR) is 122 cm³/mol. The van der Waals surface area contributed by atoms with Crippen LogP contribution >= 0.6 is 0 Å². The Morgan fingerprint density at radius 2 is 1.07 bits per heavy atom. The third-order valence-corrected chi connectivity index (χ3v) is 8.72. The second-order valence-electron chi connectivity index (χ2n) is 10.8. The van der Waals surface area contributed by atoms with E-state index < -0.39 is 0 Å². The summed E-state index contributed by atoms with van der Waals surface area (Å²) >= 11 is 0. The highest BCUT2D eigenvalue weighted by Gasteiger charge is 2.31. The highest BCUT2D eigenvalue weighted by atomic mass is 16.5. The van der Waals surface area contributed by atoms with Crippen LogP contribution in [-0.2, 0) is 4.74 Å². The Bertz CT molecular complexity index is 381. The molecule has 0 heterocycles. The average Bonchev–Trinajstić information content (AvgIpc) is 2.75. The molecule has 0 N–H and O–H groups in total. The standard InChI is InChI=1S/C27H50O/c1-3-5-6-8-23-9-15-25(16-10-23)26-17-11-24(12-18-26)21-28-27-19-13-22(7-4-2)14-20-27/h22-27H,3-21H2,1-2H3. The van der Waals surface area contributed by atoms with Crippen molar-refractivity contribution in [1.29, 1.82) is 0 Å². The van der Waals surface area contributed by atoms with Gasteiger partial charge in [-0.15, -0.1) is 0 Å². The number of ether oxygens (including phenoxy) is 1. The van der Waals surface area contributed by atoms with Crippen LogP contribution in [0.3, 0.4) is 0 Å². The van der Waals surface area contributed by atoms with Crippen LogP contribution in [0.15, 0.2) is 0 Å². The fourth-order valence-electron chi connectivity index (χ4n) is 6.73. The van der Waals surface area contributed by atoms with Crippen molar-refractivity contribution in [2.24, 2.45) is 29.6 Å². The summed E-state index contributed by atoms with van der Waals surface area (Å²) in [6, 6.07) is 0. The van der Waals surface area contributed by atoms with E-state index in [0.29, 0.717) is 6.10 Å². The molecule has 3 saturated carbocycles. The lowest BCUT2D eigenvalue weighted by Gasteiger charge is -2.38. The highest BCUT2D eigenvalue weighted by Crippen LogP contribution is 2.42. The molecule has 0 saturated heterocycles. The summed E-state index contributed by atoms with van der Waals surface area (Å²) in [5.74, 6) is 5.06. The molecule has 0 aliphatic heterocycles. The van der Waals surface area contributed by atoms with Crippen molar-refractivity contribution in [3.63, 3.8) is 0 Å². The molecule has 3 aliphatic carbocycles. The molecular formula is C27H50O. The molecule has 28 heavy (non-hydrogen) atoms. The first kappa shape index (κ1) is 22.6. The third kappa shape index (κ3) is 7.33. The van der Waals surface area contributed by atoms with Gasteiger partial charge < -0.3 is 4.74 Å². The molecule has 0 radical (unpaired) electrons. The predicted octanol–water partition coefficient (Wildman–Crippen LogP) is 8.56. The molecule has 0 atom stereocenters. The maximum absolute atomic E-state index is 6.39. The first-order valence-corrected chi connectivity index (χ1v) is 13.4. The second-order valence-corrected chi connectivity index (χ2v) is 10.8. The minimum absolute atomic E-state index is 0.591. The van der Waals surface area contributed by atoms with Gasteiger partial charge in [0, 0.05) is 6.61 Å². The summed E-state index contributed by atoms with van der Waals surface area (Å²) in [5, 5.41) is 0. The maximum atomic E-state index is 6.39. The lowest BCUT2D eigenvalue weighted by Crippen LogP contribution is -2.29. The summed E-state index contributed by atoms with van der Waals surface area (Å²) in [6.45, 7) is 5.73. The minimum Gasteiger partial charge on any atom is -0.378 e. The zero-order chi connectivity index (χ0) is 19.6. The zero-order valence-electron chi connectivity index (χ0n) is 19.3. The van der Waals surface area contributed by atoms with Gasteiger partial charge in [0.25, 0.3) is 0 Å². The van der Waals surface area contributed by atoms with Gasteiger partial charge in [-0.1, -0.05) is 65.2 Å². The van der Waals surface area contributed by atoms with E-state index >= 15 is 0 Å². The molecule has 0 amide bonds. The van der Waals surface area contributed by atoms with Gasteiger partial charge in [-0.25, -0.2) is 0 Å². The largest absolute Gasteiger partial charge is 0.378 e. The Morgan fingerprint density at radius 3 is 1.64 bits per heavy atom. The monoisotopic (exact) mass is 390 g/mol. The molecule has 0 aromatic rings. The Morgan fingerprint density at radius 1 is 0.536 bits per heavy atom. The van der Waals surface area contributed by atoms with Gasteiger partial charge in [0.15, 0.2) is 0 Å². The molecule has 0 bridgehead atoms. The molecule has 0 aromatic heterocycles. The molecule has 164 valence electrons. The molecule has 1 nitrogen and oxygen atoms in total. The summed E-state index contributed by atoms with van der Waals surface area (Å²) < 4.78 is 6.39. The molecule has 3 aliphatic rings. The Balaban J connectivity index is 1.25. The zero-order valence-corrected chi connectivity index (χ0v) is 19.3. The molecule has 0 aromatic carbocycles. The Kier molecular flexibility index (Phi) is 10.2. The van der Waals surface area contributed by atoms with Gasteiger partial charge in [0.05, 0.1) is 6.10 Å². The molecule has 0 unspecified atom stereocenters. The van der Waals surface area contributed by atoms with E-state index in [9.17, 15) is 0 Å².